The van der Waals surface area contributed by atoms with E-state index >= 15 is 0 Å². The normalized spacial score (nSPS) is 30.1. The van der Waals surface area contributed by atoms with E-state index in [1.54, 1.807) is 0 Å². The summed E-state index contributed by atoms with van der Waals surface area (Å²) < 4.78 is 0. The third kappa shape index (κ3) is 2.09. The second-order valence-corrected chi connectivity index (χ2v) is 3.21. The van der Waals surface area contributed by atoms with Crippen LogP contribution in [0.3, 0.4) is 0 Å². The number of allylic oxidation sites excluding steroid dienone is 1. The van der Waals surface area contributed by atoms with Gasteiger partial charge in [-0.25, -0.2) is 4.99 Å². The number of hydrogen-bond acceptors (Lipinski definition) is 3. The van der Waals surface area contributed by atoms with Gasteiger partial charge in [0.15, 0.2) is 6.29 Å². The number of nitrogens with one attached hydrogen (secondary N) is 1. The van der Waals surface area contributed by atoms with Gasteiger partial charge in [-0.05, 0) is 0 Å². The van der Waals surface area contributed by atoms with Gasteiger partial charge in [-0.1, -0.05) is 34.8 Å². The number of alkyl halides is 1. The van der Waals surface area contributed by atoms with Crippen molar-refractivity contribution in [1.29, 1.82) is 0 Å². The maximum atomic E-state index is 10.3. The number of nitrogens with zero attached hydrogens (tertiary/aromatic N) is 1. The summed E-state index contributed by atoms with van der Waals surface area (Å²) >= 11 is 16.6. The van der Waals surface area contributed by atoms with Gasteiger partial charge in [0, 0.05) is 6.08 Å². The molecule has 60 valence electrons. The number of halogens is 3. The summed E-state index contributed by atoms with van der Waals surface area (Å²) in [6.45, 7) is 0. The molecular weight excluding hydrogens is 210 g/mol. The van der Waals surface area contributed by atoms with Gasteiger partial charge in [0.1, 0.15) is 10.3 Å². The van der Waals surface area contributed by atoms with Crippen LogP contribution in [0.2, 0.25) is 0 Å². The quantitative estimate of drug-likeness (QED) is 0.406. The summed E-state index contributed by atoms with van der Waals surface area (Å²) in [5.41, 5.74) is 0. The first-order chi connectivity index (χ1) is 5.06. The Hall–Kier alpha value is -0.250. The molecule has 1 N–H and O–H groups in total. The SMILES string of the molecule is O=CC1(Cl)N=C(Cl)C=C(Cl)N1. The fourth-order valence-corrected chi connectivity index (χ4v) is 1.41. The topological polar surface area (TPSA) is 41.5 Å². The molecule has 0 bridgehead atoms. The van der Waals surface area contributed by atoms with Crippen molar-refractivity contribution in [2.24, 2.45) is 4.99 Å². The first kappa shape index (κ1) is 8.84. The molecule has 0 saturated carbocycles. The van der Waals surface area contributed by atoms with Crippen LogP contribution in [-0.4, -0.2) is 16.6 Å². The van der Waals surface area contributed by atoms with E-state index in [1.165, 1.54) is 6.08 Å². The fraction of sp³-hybridized carbons (Fsp3) is 0.200. The van der Waals surface area contributed by atoms with Crippen LogP contribution in [0.5, 0.6) is 0 Å². The lowest BCUT2D eigenvalue weighted by atomic mass is 10.4. The Morgan fingerprint density at radius 3 is 2.73 bits per heavy atom. The van der Waals surface area contributed by atoms with Crippen LogP contribution in [0, 0.1) is 0 Å². The van der Waals surface area contributed by atoms with Crippen LogP contribution in [0.15, 0.2) is 16.2 Å². The van der Waals surface area contributed by atoms with Crippen molar-refractivity contribution in [2.45, 2.75) is 5.12 Å². The monoisotopic (exact) mass is 212 g/mol. The highest BCUT2D eigenvalue weighted by atomic mass is 35.5. The lowest BCUT2D eigenvalue weighted by molar-refractivity contribution is -0.110. The summed E-state index contributed by atoms with van der Waals surface area (Å²) in [6, 6.07) is 0. The van der Waals surface area contributed by atoms with Crippen molar-refractivity contribution >= 4 is 46.3 Å². The number of aldehydes is 1. The van der Waals surface area contributed by atoms with Gasteiger partial charge >= 0.3 is 0 Å². The van der Waals surface area contributed by atoms with Crippen LogP contribution < -0.4 is 5.32 Å². The lowest BCUT2D eigenvalue weighted by Crippen LogP contribution is -2.40. The third-order valence-corrected chi connectivity index (χ3v) is 1.63. The molecule has 0 fully saturated rings. The van der Waals surface area contributed by atoms with Crippen molar-refractivity contribution in [3.8, 4) is 0 Å². The predicted molar refractivity (Wildman–Crippen MR) is 45.0 cm³/mol. The minimum Gasteiger partial charge on any atom is -0.333 e. The first-order valence-corrected chi connectivity index (χ1v) is 3.75. The zero-order valence-corrected chi connectivity index (χ0v) is 7.41. The minimum atomic E-state index is -1.54. The summed E-state index contributed by atoms with van der Waals surface area (Å²) in [4.78, 5) is 13.9. The van der Waals surface area contributed by atoms with Crippen LogP contribution in [0.4, 0.5) is 0 Å². The highest BCUT2D eigenvalue weighted by molar-refractivity contribution is 6.69. The highest BCUT2D eigenvalue weighted by Crippen LogP contribution is 2.19. The van der Waals surface area contributed by atoms with Crippen molar-refractivity contribution in [2.75, 3.05) is 0 Å². The van der Waals surface area contributed by atoms with Gasteiger partial charge in [-0.15, -0.1) is 0 Å². The molecule has 1 aliphatic heterocycles. The first-order valence-electron chi connectivity index (χ1n) is 2.62. The Morgan fingerprint density at radius 2 is 2.27 bits per heavy atom. The summed E-state index contributed by atoms with van der Waals surface area (Å²) in [5.74, 6) is 0. The van der Waals surface area contributed by atoms with Gasteiger partial charge in [0.25, 0.3) is 5.12 Å². The predicted octanol–water partition coefficient (Wildman–Crippen LogP) is 1.40. The molecule has 1 rings (SSSR count). The molecule has 0 aromatic heterocycles. The average Bonchev–Trinajstić information content (AvgIpc) is 1.84. The smallest absolute Gasteiger partial charge is 0.265 e. The lowest BCUT2D eigenvalue weighted by Gasteiger charge is -2.21. The Morgan fingerprint density at radius 1 is 1.64 bits per heavy atom. The molecule has 1 aliphatic rings. The number of carbonyl (C=O) groups excluding carboxylic acids is 1. The fourth-order valence-electron chi connectivity index (χ4n) is 0.580. The van der Waals surface area contributed by atoms with Crippen molar-refractivity contribution in [1.82, 2.24) is 5.32 Å². The van der Waals surface area contributed by atoms with Gasteiger partial charge in [0.05, 0.1) is 0 Å². The van der Waals surface area contributed by atoms with Gasteiger partial charge in [-0.2, -0.15) is 0 Å². The van der Waals surface area contributed by atoms with Gasteiger partial charge in [0.2, 0.25) is 0 Å². The van der Waals surface area contributed by atoms with Crippen molar-refractivity contribution in [3.63, 3.8) is 0 Å². The van der Waals surface area contributed by atoms with E-state index < -0.39 is 5.12 Å². The van der Waals surface area contributed by atoms with E-state index in [0.717, 1.165) is 0 Å². The number of carbonyl (C=O) groups is 1. The number of hydrogen-bond donors (Lipinski definition) is 1. The highest BCUT2D eigenvalue weighted by Gasteiger charge is 2.28. The standard InChI is InChI=1S/C5H3Cl3N2O/c6-3-1-4(7)10-5(8,2-11)9-3/h1-2,9H. The van der Waals surface area contributed by atoms with Crippen LogP contribution in [0.1, 0.15) is 0 Å². The summed E-state index contributed by atoms with van der Waals surface area (Å²) in [5, 5.41) is 1.17. The van der Waals surface area contributed by atoms with E-state index in [4.69, 9.17) is 34.8 Å². The van der Waals surface area contributed by atoms with Gasteiger partial charge in [-0.3, -0.25) is 4.79 Å². The molecule has 1 heterocycles. The zero-order chi connectivity index (χ0) is 8.48. The van der Waals surface area contributed by atoms with Crippen molar-refractivity contribution < 1.29 is 4.79 Å². The maximum absolute atomic E-state index is 10.3. The Labute approximate surface area is 78.0 Å². The molecule has 1 unspecified atom stereocenters. The van der Waals surface area contributed by atoms with Gasteiger partial charge < -0.3 is 5.32 Å². The molecule has 0 amide bonds. The molecule has 0 spiro atoms. The Balaban J connectivity index is 2.95. The van der Waals surface area contributed by atoms with E-state index in [1.807, 2.05) is 0 Å². The van der Waals surface area contributed by atoms with E-state index in [2.05, 4.69) is 10.3 Å². The minimum absolute atomic E-state index is 0.0934. The molecule has 11 heavy (non-hydrogen) atoms. The van der Waals surface area contributed by atoms with Crippen LogP contribution in [0.25, 0.3) is 0 Å². The maximum Gasteiger partial charge on any atom is 0.265 e. The molecule has 1 atom stereocenters. The van der Waals surface area contributed by atoms with E-state index in [-0.39, 0.29) is 10.3 Å². The second kappa shape index (κ2) is 3.01. The van der Waals surface area contributed by atoms with Crippen LogP contribution >= 0.6 is 34.8 Å². The van der Waals surface area contributed by atoms with E-state index in [9.17, 15) is 4.79 Å². The molecule has 0 aliphatic carbocycles. The van der Waals surface area contributed by atoms with E-state index in [0.29, 0.717) is 6.29 Å². The molecule has 0 aromatic carbocycles. The molecule has 6 heteroatoms. The summed E-state index contributed by atoms with van der Waals surface area (Å²) in [6.07, 6.45) is 1.76. The van der Waals surface area contributed by atoms with Crippen molar-refractivity contribution in [3.05, 3.63) is 11.2 Å². The third-order valence-electron chi connectivity index (χ3n) is 0.966. The molecule has 0 radical (unpaired) electrons. The Bertz CT molecular complexity index is 250. The number of rotatable bonds is 1. The number of aliphatic imine (C=N–C) groups is 1. The Kier molecular flexibility index (Phi) is 2.42. The van der Waals surface area contributed by atoms with Crippen LogP contribution in [-0.2, 0) is 4.79 Å². The summed E-state index contributed by atoms with van der Waals surface area (Å²) in [7, 11) is 0. The molecule has 3 nitrogen and oxygen atoms in total. The average molecular weight is 213 g/mol. The largest absolute Gasteiger partial charge is 0.333 e. The zero-order valence-electron chi connectivity index (χ0n) is 5.14. The second-order valence-electron chi connectivity index (χ2n) is 1.84. The molecular formula is C5H3Cl3N2O. The molecule has 0 aromatic rings. The molecule has 0 saturated heterocycles.